The van der Waals surface area contributed by atoms with Gasteiger partial charge in [0.25, 0.3) is 0 Å². The minimum absolute atomic E-state index is 0.215. The summed E-state index contributed by atoms with van der Waals surface area (Å²) in [6.45, 7) is 4.99. The Morgan fingerprint density at radius 1 is 1.07 bits per heavy atom. The van der Waals surface area contributed by atoms with Gasteiger partial charge in [0.15, 0.2) is 0 Å². The van der Waals surface area contributed by atoms with Crippen LogP contribution >= 0.6 is 27.3 Å². The Morgan fingerprint density at radius 2 is 1.86 bits per heavy atom. The van der Waals surface area contributed by atoms with Gasteiger partial charge in [0.1, 0.15) is 0 Å². The average Bonchev–Trinajstić information content (AvgIpc) is 3.38. The molecule has 1 aromatic carbocycles. The van der Waals surface area contributed by atoms with Crippen LogP contribution in [-0.2, 0) is 17.9 Å². The highest BCUT2D eigenvalue weighted by Gasteiger charge is 2.21. The molecule has 9 heteroatoms. The van der Waals surface area contributed by atoms with Crippen molar-refractivity contribution in [1.29, 1.82) is 0 Å². The molecule has 1 fully saturated rings. The van der Waals surface area contributed by atoms with Gasteiger partial charge in [0, 0.05) is 49.6 Å². The van der Waals surface area contributed by atoms with Crippen LogP contribution in [-0.4, -0.2) is 62.1 Å². The van der Waals surface area contributed by atoms with Gasteiger partial charge >= 0.3 is 0 Å². The lowest BCUT2D eigenvalue weighted by molar-refractivity contribution is -0.133. The molecule has 0 bridgehead atoms. The monoisotopic (exact) mass is 474 g/mol. The number of benzene rings is 1. The summed E-state index contributed by atoms with van der Waals surface area (Å²) < 4.78 is 1.17. The predicted octanol–water partition coefficient (Wildman–Crippen LogP) is 3.29. The van der Waals surface area contributed by atoms with Crippen LogP contribution in [0.4, 0.5) is 0 Å². The van der Waals surface area contributed by atoms with Crippen molar-refractivity contribution < 1.29 is 4.79 Å². The molecule has 1 saturated heterocycles. The molecule has 4 rings (SSSR count). The molecule has 0 aliphatic carbocycles. The van der Waals surface area contributed by atoms with E-state index in [0.29, 0.717) is 25.2 Å². The SMILES string of the molecule is O=C(CCCn1nnc(-c2ccccc2)n1)N1CCN(Cc2ccc(Br)s2)CC1. The number of aryl methyl sites for hydroxylation is 1. The van der Waals surface area contributed by atoms with Crippen LogP contribution < -0.4 is 0 Å². The van der Waals surface area contributed by atoms with Gasteiger partial charge in [-0.3, -0.25) is 9.69 Å². The number of thiophene rings is 1. The van der Waals surface area contributed by atoms with Crippen molar-refractivity contribution >= 4 is 33.2 Å². The Bertz CT molecular complexity index is 935. The van der Waals surface area contributed by atoms with Gasteiger partial charge in [0.2, 0.25) is 11.7 Å². The Labute approximate surface area is 182 Å². The second-order valence-electron chi connectivity index (χ2n) is 7.04. The number of aromatic nitrogens is 4. The van der Waals surface area contributed by atoms with Crippen LogP contribution in [0.5, 0.6) is 0 Å². The fraction of sp³-hybridized carbons (Fsp3) is 0.400. The van der Waals surface area contributed by atoms with Crippen molar-refractivity contribution in [2.45, 2.75) is 25.9 Å². The third-order valence-corrected chi connectivity index (χ3v) is 6.58. The smallest absolute Gasteiger partial charge is 0.222 e. The zero-order chi connectivity index (χ0) is 20.1. The van der Waals surface area contributed by atoms with Crippen LogP contribution in [0.25, 0.3) is 11.4 Å². The molecule has 3 aromatic rings. The van der Waals surface area contributed by atoms with Crippen molar-refractivity contribution in [2.75, 3.05) is 26.2 Å². The Kier molecular flexibility index (Phi) is 6.68. The minimum Gasteiger partial charge on any atom is -0.340 e. The van der Waals surface area contributed by atoms with E-state index in [2.05, 4.69) is 48.4 Å². The summed E-state index contributed by atoms with van der Waals surface area (Å²) in [6, 6.07) is 14.0. The van der Waals surface area contributed by atoms with E-state index in [4.69, 9.17) is 0 Å². The summed E-state index contributed by atoms with van der Waals surface area (Å²) in [6.07, 6.45) is 1.23. The van der Waals surface area contributed by atoms with Gasteiger partial charge < -0.3 is 4.90 Å². The highest BCUT2D eigenvalue weighted by atomic mass is 79.9. The molecule has 0 spiro atoms. The second kappa shape index (κ2) is 9.60. The maximum atomic E-state index is 12.5. The molecule has 7 nitrogen and oxygen atoms in total. The lowest BCUT2D eigenvalue weighted by atomic mass is 10.2. The number of amides is 1. The number of carbonyl (C=O) groups is 1. The number of hydrogen-bond acceptors (Lipinski definition) is 6. The highest BCUT2D eigenvalue weighted by Crippen LogP contribution is 2.23. The van der Waals surface area contributed by atoms with Gasteiger partial charge in [-0.1, -0.05) is 30.3 Å². The number of hydrogen-bond donors (Lipinski definition) is 0. The maximum Gasteiger partial charge on any atom is 0.222 e. The van der Waals surface area contributed by atoms with Crippen molar-refractivity contribution in [3.8, 4) is 11.4 Å². The molecule has 3 heterocycles. The van der Waals surface area contributed by atoms with E-state index >= 15 is 0 Å². The molecular weight excluding hydrogens is 452 g/mol. The summed E-state index contributed by atoms with van der Waals surface area (Å²) in [5.74, 6) is 0.831. The molecule has 1 aliphatic rings. The molecule has 29 heavy (non-hydrogen) atoms. The quantitative estimate of drug-likeness (QED) is 0.525. The first-order valence-electron chi connectivity index (χ1n) is 9.75. The summed E-state index contributed by atoms with van der Waals surface area (Å²) in [4.78, 5) is 19.8. The predicted molar refractivity (Wildman–Crippen MR) is 116 cm³/mol. The van der Waals surface area contributed by atoms with Crippen molar-refractivity contribution in [1.82, 2.24) is 30.0 Å². The van der Waals surface area contributed by atoms with Crippen LogP contribution in [0.1, 0.15) is 17.7 Å². The summed E-state index contributed by atoms with van der Waals surface area (Å²) in [5.41, 5.74) is 0.947. The van der Waals surface area contributed by atoms with Crippen LogP contribution in [0.3, 0.4) is 0 Å². The molecule has 0 radical (unpaired) electrons. The second-order valence-corrected chi connectivity index (χ2v) is 9.59. The fourth-order valence-electron chi connectivity index (χ4n) is 3.38. The van der Waals surface area contributed by atoms with Gasteiger partial charge in [-0.2, -0.15) is 4.80 Å². The third-order valence-electron chi connectivity index (χ3n) is 4.97. The average molecular weight is 475 g/mol. The molecule has 0 atom stereocenters. The first-order valence-corrected chi connectivity index (χ1v) is 11.4. The zero-order valence-corrected chi connectivity index (χ0v) is 18.5. The summed E-state index contributed by atoms with van der Waals surface area (Å²) in [7, 11) is 0. The van der Waals surface area contributed by atoms with E-state index in [1.807, 2.05) is 35.2 Å². The highest BCUT2D eigenvalue weighted by molar-refractivity contribution is 9.11. The van der Waals surface area contributed by atoms with Crippen molar-refractivity contribution in [2.24, 2.45) is 0 Å². The third kappa shape index (κ3) is 5.49. The van der Waals surface area contributed by atoms with E-state index < -0.39 is 0 Å². The first kappa shape index (κ1) is 20.2. The first-order chi connectivity index (χ1) is 14.2. The Morgan fingerprint density at radius 3 is 2.59 bits per heavy atom. The molecule has 0 unspecified atom stereocenters. The number of halogens is 1. The van der Waals surface area contributed by atoms with Crippen LogP contribution in [0.15, 0.2) is 46.3 Å². The molecular formula is C20H23BrN6OS. The van der Waals surface area contributed by atoms with E-state index in [-0.39, 0.29) is 5.91 Å². The number of tetrazole rings is 1. The molecule has 0 saturated carbocycles. The van der Waals surface area contributed by atoms with Gasteiger partial charge in [-0.25, -0.2) is 0 Å². The Hall–Kier alpha value is -2.10. The lowest BCUT2D eigenvalue weighted by Gasteiger charge is -2.34. The largest absolute Gasteiger partial charge is 0.340 e. The van der Waals surface area contributed by atoms with Crippen molar-refractivity contribution in [3.05, 3.63) is 51.1 Å². The summed E-state index contributed by atoms with van der Waals surface area (Å²) in [5, 5.41) is 12.6. The standard InChI is InChI=1S/C20H23BrN6OS/c21-18-9-8-17(29-18)15-25-11-13-26(14-12-25)19(28)7-4-10-27-23-20(22-24-27)16-5-2-1-3-6-16/h1-3,5-6,8-9H,4,7,10-15H2. The maximum absolute atomic E-state index is 12.5. The number of nitrogens with zero attached hydrogens (tertiary/aromatic N) is 6. The molecule has 0 N–H and O–H groups in total. The van der Waals surface area contributed by atoms with Crippen LogP contribution in [0, 0.1) is 0 Å². The van der Waals surface area contributed by atoms with E-state index in [1.54, 1.807) is 16.1 Å². The molecule has 1 aliphatic heterocycles. The number of piperazine rings is 1. The molecule has 1 amide bonds. The Balaban J connectivity index is 1.18. The normalized spacial score (nSPS) is 15.0. The lowest BCUT2D eigenvalue weighted by Crippen LogP contribution is -2.48. The van der Waals surface area contributed by atoms with Gasteiger partial charge in [0.05, 0.1) is 10.3 Å². The number of carbonyl (C=O) groups excluding carboxylic acids is 1. The van der Waals surface area contributed by atoms with E-state index in [0.717, 1.165) is 38.3 Å². The zero-order valence-electron chi connectivity index (χ0n) is 16.1. The molecule has 152 valence electrons. The number of rotatable bonds is 7. The van der Waals surface area contributed by atoms with Crippen LogP contribution in [0.2, 0.25) is 0 Å². The topological polar surface area (TPSA) is 67.2 Å². The summed E-state index contributed by atoms with van der Waals surface area (Å²) >= 11 is 5.29. The van der Waals surface area contributed by atoms with E-state index in [1.165, 1.54) is 8.66 Å². The fourth-order valence-corrected chi connectivity index (χ4v) is 4.91. The minimum atomic E-state index is 0.215. The van der Waals surface area contributed by atoms with E-state index in [9.17, 15) is 4.79 Å². The van der Waals surface area contributed by atoms with Gasteiger partial charge in [-0.15, -0.1) is 21.5 Å². The molecule has 2 aromatic heterocycles. The van der Waals surface area contributed by atoms with Crippen molar-refractivity contribution in [3.63, 3.8) is 0 Å². The van der Waals surface area contributed by atoms with Gasteiger partial charge in [-0.05, 0) is 39.7 Å².